The number of alkyl halides is 3. The predicted octanol–water partition coefficient (Wildman–Crippen LogP) is 5.10. The van der Waals surface area contributed by atoms with Gasteiger partial charge >= 0.3 is 18.2 Å². The minimum absolute atomic E-state index is 0.0279. The number of hydrogen-bond donors (Lipinski definition) is 2. The fourth-order valence-corrected chi connectivity index (χ4v) is 3.71. The van der Waals surface area contributed by atoms with Crippen LogP contribution in [0.4, 0.5) is 18.0 Å². The minimum atomic E-state index is -4.28. The number of fused-ring (bicyclic) bond motifs is 3. The quantitative estimate of drug-likeness (QED) is 0.582. The number of alkyl carbamates (subject to hydrolysis) is 1. The van der Waals surface area contributed by atoms with Gasteiger partial charge in [0.2, 0.25) is 0 Å². The largest absolute Gasteiger partial charge is 0.480 e. The maximum Gasteiger partial charge on any atom is 0.407 e. The van der Waals surface area contributed by atoms with Crippen molar-refractivity contribution in [3.05, 3.63) is 59.7 Å². The third-order valence-electron chi connectivity index (χ3n) is 5.14. The Morgan fingerprint density at radius 2 is 1.57 bits per heavy atom. The number of carbonyl (C=O) groups excluding carboxylic acids is 1. The number of halogens is 3. The number of carboxylic acids is 1. The first-order valence-electron chi connectivity index (χ1n) is 9.67. The maximum absolute atomic E-state index is 12.2. The third kappa shape index (κ3) is 5.31. The molecule has 5 nitrogen and oxygen atoms in total. The highest BCUT2D eigenvalue weighted by atomic mass is 19.4. The molecule has 2 aromatic carbocycles. The van der Waals surface area contributed by atoms with Gasteiger partial charge in [-0.2, -0.15) is 13.2 Å². The van der Waals surface area contributed by atoms with Crippen LogP contribution in [0.15, 0.2) is 48.5 Å². The molecule has 0 aromatic heterocycles. The second-order valence-corrected chi connectivity index (χ2v) is 7.22. The van der Waals surface area contributed by atoms with Crippen LogP contribution in [0.1, 0.15) is 42.7 Å². The molecule has 1 atom stereocenters. The van der Waals surface area contributed by atoms with Crippen molar-refractivity contribution in [1.82, 2.24) is 5.32 Å². The average molecular weight is 421 g/mol. The molecule has 1 amide bonds. The first kappa shape index (κ1) is 21.7. The third-order valence-corrected chi connectivity index (χ3v) is 5.14. The highest BCUT2D eigenvalue weighted by molar-refractivity contribution is 5.81. The Bertz CT molecular complexity index is 868. The highest BCUT2D eigenvalue weighted by Gasteiger charge is 2.30. The molecule has 0 aliphatic heterocycles. The molecule has 0 fully saturated rings. The summed E-state index contributed by atoms with van der Waals surface area (Å²) in [6.45, 7) is 0.0280. The number of carbonyl (C=O) groups is 2. The van der Waals surface area contributed by atoms with E-state index in [1.807, 2.05) is 48.5 Å². The van der Waals surface area contributed by atoms with Crippen molar-refractivity contribution in [2.24, 2.45) is 0 Å². The van der Waals surface area contributed by atoms with E-state index in [4.69, 9.17) is 4.74 Å². The Labute approximate surface area is 171 Å². The SMILES string of the molecule is O=C(N[C@@H](CCCCC(F)(F)F)C(=O)O)OCC1c2ccccc2-c2ccccc21. The normalized spacial score (nSPS) is 14.0. The number of unbranched alkanes of at least 4 members (excludes halogenated alkanes) is 1. The summed E-state index contributed by atoms with van der Waals surface area (Å²) in [6.07, 6.45) is -6.43. The first-order valence-corrected chi connectivity index (χ1v) is 9.67. The molecule has 0 spiro atoms. The summed E-state index contributed by atoms with van der Waals surface area (Å²) in [5.41, 5.74) is 4.17. The van der Waals surface area contributed by atoms with Crippen molar-refractivity contribution in [2.75, 3.05) is 6.61 Å². The molecule has 3 rings (SSSR count). The first-order chi connectivity index (χ1) is 14.3. The lowest BCUT2D eigenvalue weighted by Gasteiger charge is -2.17. The van der Waals surface area contributed by atoms with Gasteiger partial charge in [0.25, 0.3) is 0 Å². The van der Waals surface area contributed by atoms with Crippen LogP contribution in [0.5, 0.6) is 0 Å². The Hall–Kier alpha value is -3.03. The zero-order valence-electron chi connectivity index (χ0n) is 16.1. The van der Waals surface area contributed by atoms with Crippen molar-refractivity contribution in [2.45, 2.75) is 43.8 Å². The number of amides is 1. The molecule has 0 heterocycles. The molecular formula is C22H22F3NO4. The molecule has 1 aliphatic carbocycles. The summed E-state index contributed by atoms with van der Waals surface area (Å²) in [7, 11) is 0. The van der Waals surface area contributed by atoms with Crippen molar-refractivity contribution in [1.29, 1.82) is 0 Å². The smallest absolute Gasteiger partial charge is 0.407 e. The average Bonchev–Trinajstić information content (AvgIpc) is 3.01. The molecule has 30 heavy (non-hydrogen) atoms. The number of aliphatic carboxylic acids is 1. The molecular weight excluding hydrogens is 399 g/mol. The summed E-state index contributed by atoms with van der Waals surface area (Å²) >= 11 is 0. The lowest BCUT2D eigenvalue weighted by Crippen LogP contribution is -2.41. The van der Waals surface area contributed by atoms with Gasteiger partial charge in [-0.1, -0.05) is 55.0 Å². The predicted molar refractivity (Wildman–Crippen MR) is 104 cm³/mol. The van der Waals surface area contributed by atoms with Gasteiger partial charge in [0.1, 0.15) is 12.6 Å². The van der Waals surface area contributed by atoms with Gasteiger partial charge < -0.3 is 15.2 Å². The zero-order chi connectivity index (χ0) is 21.7. The van der Waals surface area contributed by atoms with Crippen molar-refractivity contribution in [3.8, 4) is 11.1 Å². The van der Waals surface area contributed by atoms with E-state index in [9.17, 15) is 27.9 Å². The molecule has 0 saturated heterocycles. The molecule has 2 aromatic rings. The number of carboxylic acid groups (broad SMARTS) is 1. The van der Waals surface area contributed by atoms with Gasteiger partial charge in [-0.05, 0) is 35.1 Å². The lowest BCUT2D eigenvalue weighted by atomic mass is 9.98. The molecule has 0 radical (unpaired) electrons. The number of hydrogen-bond acceptors (Lipinski definition) is 3. The summed E-state index contributed by atoms with van der Waals surface area (Å²) < 4.78 is 41.9. The summed E-state index contributed by atoms with van der Waals surface area (Å²) in [6, 6.07) is 14.3. The molecule has 0 unspecified atom stereocenters. The Balaban J connectivity index is 1.56. The second kappa shape index (κ2) is 9.19. The summed E-state index contributed by atoms with van der Waals surface area (Å²) in [4.78, 5) is 23.5. The Morgan fingerprint density at radius 3 is 2.10 bits per heavy atom. The van der Waals surface area contributed by atoms with E-state index in [2.05, 4.69) is 5.32 Å². The van der Waals surface area contributed by atoms with Crippen LogP contribution >= 0.6 is 0 Å². The number of benzene rings is 2. The number of ether oxygens (including phenoxy) is 1. The monoisotopic (exact) mass is 421 g/mol. The molecule has 8 heteroatoms. The second-order valence-electron chi connectivity index (χ2n) is 7.22. The van der Waals surface area contributed by atoms with Crippen molar-refractivity contribution in [3.63, 3.8) is 0 Å². The van der Waals surface area contributed by atoms with E-state index in [1.54, 1.807) is 0 Å². The Kier molecular flexibility index (Phi) is 6.64. The van der Waals surface area contributed by atoms with Gasteiger partial charge in [-0.25, -0.2) is 9.59 Å². The zero-order valence-corrected chi connectivity index (χ0v) is 16.1. The molecule has 160 valence electrons. The van der Waals surface area contributed by atoms with Gasteiger partial charge in [-0.3, -0.25) is 0 Å². The molecule has 0 bridgehead atoms. The van der Waals surface area contributed by atoms with Gasteiger partial charge in [0, 0.05) is 12.3 Å². The fraction of sp³-hybridized carbons (Fsp3) is 0.364. The fourth-order valence-electron chi connectivity index (χ4n) is 3.71. The van der Waals surface area contributed by atoms with Crippen molar-refractivity contribution < 1.29 is 32.6 Å². The van der Waals surface area contributed by atoms with E-state index < -0.39 is 30.7 Å². The number of rotatable bonds is 8. The van der Waals surface area contributed by atoms with Crippen LogP contribution < -0.4 is 5.32 Å². The van der Waals surface area contributed by atoms with Crippen molar-refractivity contribution >= 4 is 12.1 Å². The standard InChI is InChI=1S/C22H22F3NO4/c23-22(24,25)12-6-5-11-19(20(27)28)26-21(29)30-13-18-16-9-3-1-7-14(16)15-8-2-4-10-17(15)18/h1-4,7-10,18-19H,5-6,11-13H2,(H,26,29)(H,27,28)/t19-/m0/s1. The van der Waals surface area contributed by atoms with Crippen LogP contribution in [0.2, 0.25) is 0 Å². The lowest BCUT2D eigenvalue weighted by molar-refractivity contribution is -0.139. The van der Waals surface area contributed by atoms with E-state index >= 15 is 0 Å². The molecule has 2 N–H and O–H groups in total. The van der Waals surface area contributed by atoms with E-state index in [-0.39, 0.29) is 31.8 Å². The van der Waals surface area contributed by atoms with E-state index in [0.29, 0.717) is 0 Å². The van der Waals surface area contributed by atoms with Gasteiger partial charge in [0.05, 0.1) is 0 Å². The van der Waals surface area contributed by atoms with E-state index in [1.165, 1.54) is 0 Å². The van der Waals surface area contributed by atoms with Crippen LogP contribution in [0, 0.1) is 0 Å². The van der Waals surface area contributed by atoms with E-state index in [0.717, 1.165) is 22.3 Å². The highest BCUT2D eigenvalue weighted by Crippen LogP contribution is 2.44. The maximum atomic E-state index is 12.2. The molecule has 1 aliphatic rings. The molecule has 0 saturated carbocycles. The summed E-state index contributed by atoms with van der Waals surface area (Å²) in [5.74, 6) is -1.48. The Morgan fingerprint density at radius 1 is 1.00 bits per heavy atom. The minimum Gasteiger partial charge on any atom is -0.480 e. The van der Waals surface area contributed by atoms with Gasteiger partial charge in [0.15, 0.2) is 0 Å². The van der Waals surface area contributed by atoms with Crippen LogP contribution in [0.3, 0.4) is 0 Å². The topological polar surface area (TPSA) is 75.6 Å². The summed E-state index contributed by atoms with van der Waals surface area (Å²) in [5, 5.41) is 11.5. The number of nitrogens with one attached hydrogen (secondary N) is 1. The van der Waals surface area contributed by atoms with Crippen LogP contribution in [-0.2, 0) is 9.53 Å². The van der Waals surface area contributed by atoms with Crippen LogP contribution in [-0.4, -0.2) is 36.0 Å². The van der Waals surface area contributed by atoms with Gasteiger partial charge in [-0.15, -0.1) is 0 Å². The van der Waals surface area contributed by atoms with Crippen LogP contribution in [0.25, 0.3) is 11.1 Å².